The molecule has 2 aromatic carbocycles. The van der Waals surface area contributed by atoms with Crippen LogP contribution in [0.5, 0.6) is 5.75 Å². The summed E-state index contributed by atoms with van der Waals surface area (Å²) in [6.45, 7) is 6.14. The molecule has 1 amide bonds. The fourth-order valence-electron chi connectivity index (χ4n) is 6.94. The Morgan fingerprint density at radius 3 is 2.68 bits per heavy atom. The number of carbonyl (C=O) groups excluding carboxylic acids is 1. The van der Waals surface area contributed by atoms with Crippen LogP contribution in [-0.2, 0) is 27.8 Å². The van der Waals surface area contributed by atoms with Crippen LogP contribution in [0.3, 0.4) is 0 Å². The number of aryl methyl sites for hydroxylation is 1. The zero-order valence-corrected chi connectivity index (χ0v) is 27.8. The Kier molecular flexibility index (Phi) is 10.3. The maximum atomic E-state index is 13.4. The molecule has 240 valence electrons. The third-order valence-corrected chi connectivity index (χ3v) is 12.2. The number of methoxy groups -OCH3 is 1. The van der Waals surface area contributed by atoms with Crippen LogP contribution in [0.4, 0.5) is 5.69 Å². The second kappa shape index (κ2) is 13.8. The van der Waals surface area contributed by atoms with E-state index in [0.717, 1.165) is 56.4 Å². The van der Waals surface area contributed by atoms with Gasteiger partial charge in [0, 0.05) is 37.3 Å². The summed E-state index contributed by atoms with van der Waals surface area (Å²) in [6, 6.07) is 11.2. The number of hydrogen-bond acceptors (Lipinski definition) is 7. The molecule has 8 nitrogen and oxygen atoms in total. The Balaban J connectivity index is 1.58. The first-order chi connectivity index (χ1) is 21.1. The van der Waals surface area contributed by atoms with E-state index in [1.807, 2.05) is 32.2 Å². The molecular weight excluding hydrogens is 598 g/mol. The SMILES string of the molecule is CNC[C@@]1(OC)/C=C/C[C@H](C)[C@@H](C)S(=O)(=O)NC(=O)c2ccc3c(c2)N(CCCCc2cc(Cl)ccc2CO3)C[C@@H]2CC[C@H]21. The minimum atomic E-state index is -3.92. The van der Waals surface area contributed by atoms with Crippen LogP contribution in [0, 0.1) is 17.8 Å². The van der Waals surface area contributed by atoms with E-state index in [2.05, 4.69) is 27.1 Å². The average Bonchev–Trinajstić information content (AvgIpc) is 3.01. The normalized spacial score (nSPS) is 29.9. The molecule has 5 rings (SSSR count). The highest BCUT2D eigenvalue weighted by Gasteiger charge is 2.47. The van der Waals surface area contributed by atoms with Gasteiger partial charge in [-0.3, -0.25) is 4.79 Å². The topological polar surface area (TPSA) is 97.0 Å². The van der Waals surface area contributed by atoms with Gasteiger partial charge < -0.3 is 19.7 Å². The van der Waals surface area contributed by atoms with Crippen LogP contribution in [0.25, 0.3) is 0 Å². The van der Waals surface area contributed by atoms with E-state index in [1.165, 1.54) is 5.56 Å². The van der Waals surface area contributed by atoms with E-state index in [1.54, 1.807) is 32.2 Å². The highest BCUT2D eigenvalue weighted by molar-refractivity contribution is 7.90. The van der Waals surface area contributed by atoms with Crippen molar-refractivity contribution in [2.45, 2.75) is 69.8 Å². The zero-order chi connectivity index (χ0) is 31.5. The summed E-state index contributed by atoms with van der Waals surface area (Å²) in [5.74, 6) is 0.474. The summed E-state index contributed by atoms with van der Waals surface area (Å²) in [5, 5.41) is 3.29. The van der Waals surface area contributed by atoms with Crippen LogP contribution in [0.15, 0.2) is 48.6 Å². The number of allylic oxidation sites excluding steroid dienone is 1. The molecule has 1 saturated carbocycles. The second-order valence-corrected chi connectivity index (χ2v) is 15.2. The Morgan fingerprint density at radius 1 is 1.14 bits per heavy atom. The fraction of sp³-hybridized carbons (Fsp3) is 0.559. The molecule has 10 heteroatoms. The molecule has 0 spiro atoms. The Hall–Kier alpha value is -2.59. The maximum absolute atomic E-state index is 13.4. The summed E-state index contributed by atoms with van der Waals surface area (Å²) in [5.41, 5.74) is 2.86. The van der Waals surface area contributed by atoms with E-state index in [4.69, 9.17) is 21.1 Å². The number of benzene rings is 2. The number of sulfonamides is 1. The molecule has 2 heterocycles. The van der Waals surface area contributed by atoms with Gasteiger partial charge in [0.25, 0.3) is 5.91 Å². The molecule has 0 radical (unpaired) electrons. The number of anilines is 1. The molecule has 44 heavy (non-hydrogen) atoms. The Morgan fingerprint density at radius 2 is 1.95 bits per heavy atom. The first-order valence-corrected chi connectivity index (χ1v) is 17.7. The highest BCUT2D eigenvalue weighted by atomic mass is 35.5. The van der Waals surface area contributed by atoms with Gasteiger partial charge in [-0.1, -0.05) is 36.7 Å². The molecular formula is C34H46ClN3O5S. The van der Waals surface area contributed by atoms with Crippen LogP contribution in [-0.4, -0.2) is 59.0 Å². The number of carbonyl (C=O) groups is 1. The number of halogens is 1. The summed E-state index contributed by atoms with van der Waals surface area (Å²) in [7, 11) is -0.210. The van der Waals surface area contributed by atoms with Gasteiger partial charge in [-0.15, -0.1) is 0 Å². The summed E-state index contributed by atoms with van der Waals surface area (Å²) in [6.07, 6.45) is 9.70. The van der Waals surface area contributed by atoms with Crippen molar-refractivity contribution in [1.82, 2.24) is 10.0 Å². The number of ether oxygens (including phenoxy) is 2. The van der Waals surface area contributed by atoms with Gasteiger partial charge in [-0.2, -0.15) is 0 Å². The lowest BCUT2D eigenvalue weighted by atomic mass is 9.64. The highest BCUT2D eigenvalue weighted by Crippen LogP contribution is 2.46. The lowest BCUT2D eigenvalue weighted by Gasteiger charge is -2.50. The van der Waals surface area contributed by atoms with Crippen molar-refractivity contribution in [1.29, 1.82) is 0 Å². The summed E-state index contributed by atoms with van der Waals surface area (Å²) < 4.78 is 41.8. The van der Waals surface area contributed by atoms with Crippen LogP contribution in [0.2, 0.25) is 5.02 Å². The molecule has 0 unspecified atom stereocenters. The van der Waals surface area contributed by atoms with E-state index >= 15 is 0 Å². The fourth-order valence-corrected chi connectivity index (χ4v) is 8.42. The van der Waals surface area contributed by atoms with E-state index in [0.29, 0.717) is 41.8 Å². The molecule has 3 aliphatic rings. The Bertz CT molecular complexity index is 1480. The van der Waals surface area contributed by atoms with Crippen molar-refractivity contribution in [3.05, 3.63) is 70.3 Å². The van der Waals surface area contributed by atoms with Crippen LogP contribution < -0.4 is 19.7 Å². The van der Waals surface area contributed by atoms with Crippen molar-refractivity contribution >= 4 is 33.2 Å². The van der Waals surface area contributed by atoms with E-state index in [-0.39, 0.29) is 11.8 Å². The smallest absolute Gasteiger partial charge is 0.264 e. The van der Waals surface area contributed by atoms with Crippen molar-refractivity contribution in [2.75, 3.05) is 38.7 Å². The van der Waals surface area contributed by atoms with Gasteiger partial charge in [0.15, 0.2) is 0 Å². The number of rotatable bonds is 3. The first kappa shape index (κ1) is 32.8. The minimum Gasteiger partial charge on any atom is -0.487 e. The van der Waals surface area contributed by atoms with E-state index in [9.17, 15) is 13.2 Å². The molecule has 2 bridgehead atoms. The predicted molar refractivity (Wildman–Crippen MR) is 176 cm³/mol. The predicted octanol–water partition coefficient (Wildman–Crippen LogP) is 5.74. The largest absolute Gasteiger partial charge is 0.487 e. The van der Waals surface area contributed by atoms with Crippen molar-refractivity contribution in [2.24, 2.45) is 17.8 Å². The third kappa shape index (κ3) is 6.96. The molecule has 5 atom stereocenters. The quantitative estimate of drug-likeness (QED) is 0.412. The number of amides is 1. The van der Waals surface area contributed by atoms with Crippen LogP contribution >= 0.6 is 11.6 Å². The van der Waals surface area contributed by atoms with Gasteiger partial charge in [-0.25, -0.2) is 13.1 Å². The number of nitrogens with zero attached hydrogens (tertiary/aromatic N) is 1. The van der Waals surface area contributed by atoms with Gasteiger partial charge in [0.2, 0.25) is 10.0 Å². The average molecular weight is 644 g/mol. The Labute approximate surface area is 267 Å². The number of likely N-dealkylation sites (N-methyl/N-ethyl adjacent to an activating group) is 1. The molecule has 2 aromatic rings. The van der Waals surface area contributed by atoms with Crippen molar-refractivity contribution in [3.8, 4) is 5.75 Å². The third-order valence-electron chi connectivity index (χ3n) is 10.0. The second-order valence-electron chi connectivity index (χ2n) is 12.7. The molecule has 0 aromatic heterocycles. The number of hydrogen-bond donors (Lipinski definition) is 2. The summed E-state index contributed by atoms with van der Waals surface area (Å²) >= 11 is 6.34. The van der Waals surface area contributed by atoms with Crippen LogP contribution in [0.1, 0.15) is 67.4 Å². The molecule has 0 saturated heterocycles. The zero-order valence-electron chi connectivity index (χ0n) is 26.3. The first-order valence-electron chi connectivity index (χ1n) is 15.8. The van der Waals surface area contributed by atoms with E-state index < -0.39 is 26.8 Å². The molecule has 1 aliphatic carbocycles. The molecule has 2 aliphatic heterocycles. The van der Waals surface area contributed by atoms with Gasteiger partial charge in [-0.05, 0) is 112 Å². The molecule has 1 fully saturated rings. The van der Waals surface area contributed by atoms with Crippen molar-refractivity contribution < 1.29 is 22.7 Å². The van der Waals surface area contributed by atoms with Crippen molar-refractivity contribution in [3.63, 3.8) is 0 Å². The molecule has 2 N–H and O–H groups in total. The standard InChI is InChI=1S/C34H46ClN3O5S/c1-23-8-7-16-34(42-4,22-36-3)30-14-11-27(30)20-38-17-6-5-9-25-18-29(35)13-10-28(25)21-43-32-15-12-26(19-31(32)38)33(39)37-44(40,41)24(23)2/h7,10,12-13,15-16,18-19,23-24,27,30,36H,5-6,8-9,11,14,17,20-22H2,1-4H3,(H,37,39)/b16-7+/t23-,24+,27-,30+,34-/m0/s1. The van der Waals surface area contributed by atoms with Gasteiger partial charge in [0.05, 0.1) is 10.9 Å². The monoisotopic (exact) mass is 643 g/mol. The lowest BCUT2D eigenvalue weighted by molar-refractivity contribution is -0.0722. The van der Waals surface area contributed by atoms with Gasteiger partial charge >= 0.3 is 0 Å². The minimum absolute atomic E-state index is 0.208. The maximum Gasteiger partial charge on any atom is 0.264 e. The van der Waals surface area contributed by atoms with Gasteiger partial charge in [0.1, 0.15) is 18.0 Å². The number of nitrogens with one attached hydrogen (secondary N) is 2. The number of fused-ring (bicyclic) bond motifs is 3. The lowest BCUT2D eigenvalue weighted by Crippen LogP contribution is -2.55. The summed E-state index contributed by atoms with van der Waals surface area (Å²) in [4.78, 5) is 15.7.